The van der Waals surface area contributed by atoms with Gasteiger partial charge in [0.2, 0.25) is 0 Å². The Balaban J connectivity index is 1.39. The number of aromatic nitrogens is 2. The van der Waals surface area contributed by atoms with Crippen molar-refractivity contribution >= 4 is 11.6 Å². The Labute approximate surface area is 137 Å². The molecule has 0 radical (unpaired) electrons. The second kappa shape index (κ2) is 7.77. The molecule has 1 aromatic heterocycles. The molecule has 0 spiro atoms. The van der Waals surface area contributed by atoms with E-state index in [4.69, 9.17) is 21.1 Å². The monoisotopic (exact) mass is 327 g/mol. The standard InChI is InChI=1S/C16H26ClN3O2/c1-19-16(15(17)10-18-19)11-20-7-5-13(6-8-20)22-12-14-4-2-3-9-21-14/h10,13-14H,2-9,11-12H2,1H3/t14-/m0/s1. The van der Waals surface area contributed by atoms with Gasteiger partial charge in [-0.15, -0.1) is 0 Å². The Hall–Kier alpha value is -0.620. The van der Waals surface area contributed by atoms with Gasteiger partial charge in [0.25, 0.3) is 0 Å². The Morgan fingerprint density at radius 3 is 2.77 bits per heavy atom. The zero-order chi connectivity index (χ0) is 15.4. The van der Waals surface area contributed by atoms with E-state index < -0.39 is 0 Å². The zero-order valence-electron chi connectivity index (χ0n) is 13.3. The molecule has 0 N–H and O–H groups in total. The summed E-state index contributed by atoms with van der Waals surface area (Å²) in [7, 11) is 1.95. The highest BCUT2D eigenvalue weighted by atomic mass is 35.5. The van der Waals surface area contributed by atoms with Crippen molar-refractivity contribution in [1.29, 1.82) is 0 Å². The summed E-state index contributed by atoms with van der Waals surface area (Å²) < 4.78 is 13.7. The number of likely N-dealkylation sites (tertiary alicyclic amines) is 1. The molecule has 0 aromatic carbocycles. The molecule has 1 atom stereocenters. The number of ether oxygens (including phenoxy) is 2. The number of hydrogen-bond donors (Lipinski definition) is 0. The van der Waals surface area contributed by atoms with Gasteiger partial charge in [-0.3, -0.25) is 9.58 Å². The van der Waals surface area contributed by atoms with E-state index in [9.17, 15) is 0 Å². The lowest BCUT2D eigenvalue weighted by atomic mass is 10.1. The molecular weight excluding hydrogens is 302 g/mol. The first-order chi connectivity index (χ1) is 10.7. The zero-order valence-corrected chi connectivity index (χ0v) is 14.1. The van der Waals surface area contributed by atoms with E-state index in [2.05, 4.69) is 10.00 Å². The van der Waals surface area contributed by atoms with E-state index in [-0.39, 0.29) is 0 Å². The van der Waals surface area contributed by atoms with Gasteiger partial charge in [-0.2, -0.15) is 5.10 Å². The van der Waals surface area contributed by atoms with Crippen LogP contribution in [-0.2, 0) is 23.1 Å². The van der Waals surface area contributed by atoms with Crippen molar-refractivity contribution in [3.8, 4) is 0 Å². The lowest BCUT2D eigenvalue weighted by Crippen LogP contribution is -2.38. The summed E-state index contributed by atoms with van der Waals surface area (Å²) in [6.45, 7) is 4.64. The third-order valence-electron chi connectivity index (χ3n) is 4.71. The van der Waals surface area contributed by atoms with E-state index in [1.807, 2.05) is 11.7 Å². The topological polar surface area (TPSA) is 39.5 Å². The number of piperidine rings is 1. The van der Waals surface area contributed by atoms with Crippen molar-refractivity contribution in [1.82, 2.24) is 14.7 Å². The molecule has 0 unspecified atom stereocenters. The van der Waals surface area contributed by atoms with E-state index in [0.717, 1.165) is 62.8 Å². The highest BCUT2D eigenvalue weighted by Crippen LogP contribution is 2.21. The lowest BCUT2D eigenvalue weighted by Gasteiger charge is -2.33. The van der Waals surface area contributed by atoms with Crippen LogP contribution in [0.2, 0.25) is 5.02 Å². The van der Waals surface area contributed by atoms with Crippen molar-refractivity contribution in [2.75, 3.05) is 26.3 Å². The molecule has 22 heavy (non-hydrogen) atoms. The van der Waals surface area contributed by atoms with Crippen molar-refractivity contribution < 1.29 is 9.47 Å². The van der Waals surface area contributed by atoms with Crippen LogP contribution in [0.25, 0.3) is 0 Å². The molecule has 124 valence electrons. The Morgan fingerprint density at radius 1 is 1.32 bits per heavy atom. The van der Waals surface area contributed by atoms with Gasteiger partial charge < -0.3 is 9.47 Å². The molecule has 0 saturated carbocycles. The largest absolute Gasteiger partial charge is 0.376 e. The van der Waals surface area contributed by atoms with Gasteiger partial charge in [-0.1, -0.05) is 11.6 Å². The van der Waals surface area contributed by atoms with Gasteiger partial charge >= 0.3 is 0 Å². The summed E-state index contributed by atoms with van der Waals surface area (Å²) >= 11 is 6.18. The number of hydrogen-bond acceptors (Lipinski definition) is 4. The highest BCUT2D eigenvalue weighted by Gasteiger charge is 2.23. The normalized spacial score (nSPS) is 24.7. The fraction of sp³-hybridized carbons (Fsp3) is 0.812. The number of halogens is 1. The average Bonchev–Trinajstić information content (AvgIpc) is 2.87. The first-order valence-corrected chi connectivity index (χ1v) is 8.72. The van der Waals surface area contributed by atoms with Crippen LogP contribution in [0.3, 0.4) is 0 Å². The van der Waals surface area contributed by atoms with Crippen molar-refractivity contribution in [3.05, 3.63) is 16.9 Å². The minimum Gasteiger partial charge on any atom is -0.376 e. The van der Waals surface area contributed by atoms with Crippen molar-refractivity contribution in [2.45, 2.75) is 50.9 Å². The van der Waals surface area contributed by atoms with Crippen LogP contribution in [0.1, 0.15) is 37.8 Å². The molecule has 3 rings (SSSR count). The van der Waals surface area contributed by atoms with E-state index in [0.29, 0.717) is 12.2 Å². The summed E-state index contributed by atoms with van der Waals surface area (Å²) in [4.78, 5) is 2.43. The molecule has 2 fully saturated rings. The fourth-order valence-corrected chi connectivity index (χ4v) is 3.47. The lowest BCUT2D eigenvalue weighted by molar-refractivity contribution is -0.0754. The summed E-state index contributed by atoms with van der Waals surface area (Å²) in [5, 5.41) is 4.96. The molecule has 6 heteroatoms. The molecule has 3 heterocycles. The second-order valence-electron chi connectivity index (χ2n) is 6.36. The Kier molecular flexibility index (Phi) is 5.74. The van der Waals surface area contributed by atoms with Gasteiger partial charge in [0, 0.05) is 33.3 Å². The Morgan fingerprint density at radius 2 is 2.14 bits per heavy atom. The third kappa shape index (κ3) is 4.22. The number of nitrogens with zero attached hydrogens (tertiary/aromatic N) is 3. The minimum absolute atomic E-state index is 0.319. The molecule has 0 bridgehead atoms. The number of rotatable bonds is 5. The molecule has 1 aromatic rings. The maximum Gasteiger partial charge on any atom is 0.0831 e. The van der Waals surface area contributed by atoms with Crippen LogP contribution >= 0.6 is 11.6 Å². The highest BCUT2D eigenvalue weighted by molar-refractivity contribution is 6.31. The molecule has 2 aliphatic heterocycles. The van der Waals surface area contributed by atoms with Crippen molar-refractivity contribution in [3.63, 3.8) is 0 Å². The molecule has 0 amide bonds. The summed E-state index contributed by atoms with van der Waals surface area (Å²) in [5.41, 5.74) is 1.09. The van der Waals surface area contributed by atoms with E-state index in [1.165, 1.54) is 12.8 Å². The maximum atomic E-state index is 6.18. The third-order valence-corrected chi connectivity index (χ3v) is 5.03. The van der Waals surface area contributed by atoms with E-state index >= 15 is 0 Å². The predicted octanol–water partition coefficient (Wildman–Crippen LogP) is 2.62. The van der Waals surface area contributed by atoms with Gasteiger partial charge in [0.05, 0.1) is 35.7 Å². The average molecular weight is 328 g/mol. The maximum absolute atomic E-state index is 6.18. The summed E-state index contributed by atoms with van der Waals surface area (Å²) in [6, 6.07) is 0. The predicted molar refractivity (Wildman–Crippen MR) is 86.1 cm³/mol. The van der Waals surface area contributed by atoms with Crippen LogP contribution in [-0.4, -0.2) is 53.2 Å². The summed E-state index contributed by atoms with van der Waals surface area (Å²) in [6.07, 6.45) is 8.21. The van der Waals surface area contributed by atoms with Gasteiger partial charge in [0.1, 0.15) is 0 Å². The van der Waals surface area contributed by atoms with Crippen LogP contribution < -0.4 is 0 Å². The Bertz CT molecular complexity index is 446. The first kappa shape index (κ1) is 16.2. The minimum atomic E-state index is 0.319. The second-order valence-corrected chi connectivity index (χ2v) is 6.77. The summed E-state index contributed by atoms with van der Waals surface area (Å²) in [5.74, 6) is 0. The van der Waals surface area contributed by atoms with Crippen LogP contribution in [0.5, 0.6) is 0 Å². The molecule has 2 saturated heterocycles. The van der Waals surface area contributed by atoms with Crippen LogP contribution in [0.4, 0.5) is 0 Å². The van der Waals surface area contributed by atoms with E-state index in [1.54, 1.807) is 6.20 Å². The van der Waals surface area contributed by atoms with Crippen LogP contribution in [0, 0.1) is 0 Å². The SMILES string of the molecule is Cn1ncc(Cl)c1CN1CCC(OC[C@@H]2CCCCO2)CC1. The molecule has 5 nitrogen and oxygen atoms in total. The van der Waals surface area contributed by atoms with Gasteiger partial charge in [-0.05, 0) is 32.1 Å². The fourth-order valence-electron chi connectivity index (χ4n) is 3.24. The quantitative estimate of drug-likeness (QED) is 0.833. The molecule has 2 aliphatic rings. The molecular formula is C16H26ClN3O2. The van der Waals surface area contributed by atoms with Crippen LogP contribution in [0.15, 0.2) is 6.20 Å². The van der Waals surface area contributed by atoms with Crippen molar-refractivity contribution in [2.24, 2.45) is 7.05 Å². The number of aryl methyl sites for hydroxylation is 1. The van der Waals surface area contributed by atoms with Gasteiger partial charge in [-0.25, -0.2) is 0 Å². The smallest absolute Gasteiger partial charge is 0.0831 e. The van der Waals surface area contributed by atoms with Gasteiger partial charge in [0.15, 0.2) is 0 Å². The first-order valence-electron chi connectivity index (χ1n) is 8.34. The molecule has 0 aliphatic carbocycles.